The van der Waals surface area contributed by atoms with Gasteiger partial charge in [-0.1, -0.05) is 25.7 Å². The second-order valence-corrected chi connectivity index (χ2v) is 20.3. The van der Waals surface area contributed by atoms with E-state index in [9.17, 15) is 28.8 Å². The molecule has 8 amide bonds. The fourth-order valence-electron chi connectivity index (χ4n) is 7.42. The molecule has 0 aromatic rings. The number of hydrogen-bond donors (Lipinski definition) is 1. The summed E-state index contributed by atoms with van der Waals surface area (Å²) in [6.45, 7) is 2.06. The first-order valence-electron chi connectivity index (χ1n) is 20.0. The second kappa shape index (κ2) is 26.7. The summed E-state index contributed by atoms with van der Waals surface area (Å²) in [7, 11) is 3.71. The van der Waals surface area contributed by atoms with Crippen molar-refractivity contribution in [2.24, 2.45) is 9.98 Å². The molecule has 2 heterocycles. The number of aliphatic imine (C=N–C) groups is 2. The summed E-state index contributed by atoms with van der Waals surface area (Å²) < 4.78 is 32.6. The van der Waals surface area contributed by atoms with Gasteiger partial charge >= 0.3 is 41.7 Å². The first kappa shape index (κ1) is 49.9. The minimum absolute atomic E-state index is 0.104. The van der Waals surface area contributed by atoms with Gasteiger partial charge in [0.15, 0.2) is 0 Å². The van der Waals surface area contributed by atoms with Crippen molar-refractivity contribution in [2.75, 3.05) is 88.5 Å². The number of nitrogens with one attached hydrogen (secondary N) is 1. The molecular weight excluding hydrogens is 779 g/mol. The van der Waals surface area contributed by atoms with Crippen LogP contribution in [0.2, 0.25) is 12.1 Å². The molecule has 2 fully saturated rings. The third kappa shape index (κ3) is 14.2. The lowest BCUT2D eigenvalue weighted by atomic mass is 10.1. The lowest BCUT2D eigenvalue weighted by molar-refractivity contribution is -0.803. The van der Waals surface area contributed by atoms with Crippen LogP contribution >= 0.6 is 0 Å². The maximum Gasteiger partial charge on any atom is 0.500 e. The van der Waals surface area contributed by atoms with Gasteiger partial charge in [-0.3, -0.25) is 0 Å². The van der Waals surface area contributed by atoms with Crippen LogP contribution in [0.25, 0.3) is 0 Å². The minimum Gasteiger partial charge on any atom is -0.377 e. The van der Waals surface area contributed by atoms with E-state index >= 15 is 0 Å². The molecule has 21 heteroatoms. The normalized spacial score (nSPS) is 19.0. The van der Waals surface area contributed by atoms with E-state index in [1.807, 2.05) is 0 Å². The van der Waals surface area contributed by atoms with E-state index in [1.54, 1.807) is 53.6 Å². The SMILES string of the molecule is CO[Si](CCCN(CCC[Si](OC)(OC)OC)C(=O)NCCCCCCN1C(=O)N(CCCCCCN=C=O)C(=O)[N+]2(CCCCCC2N=C=O)C1=O)(OC)OC. The van der Waals surface area contributed by atoms with E-state index in [-0.39, 0.29) is 25.7 Å². The third-order valence-electron chi connectivity index (χ3n) is 10.8. The zero-order valence-corrected chi connectivity index (χ0v) is 36.9. The number of quaternary nitrogens is 1. The Kier molecular flexibility index (Phi) is 23.4. The van der Waals surface area contributed by atoms with E-state index in [1.165, 1.54) is 6.08 Å². The Morgan fingerprint density at radius 3 is 1.72 bits per heavy atom. The van der Waals surface area contributed by atoms with Crippen LogP contribution in [0.5, 0.6) is 0 Å². The summed E-state index contributed by atoms with van der Waals surface area (Å²) in [5.74, 6) is 0. The van der Waals surface area contributed by atoms with Crippen LogP contribution in [0.3, 0.4) is 0 Å². The van der Waals surface area contributed by atoms with Crippen LogP contribution in [0.4, 0.5) is 19.2 Å². The van der Waals surface area contributed by atoms with Crippen LogP contribution in [0.1, 0.15) is 89.9 Å². The van der Waals surface area contributed by atoms with Gasteiger partial charge in [-0.2, -0.15) is 0 Å². The Morgan fingerprint density at radius 1 is 0.719 bits per heavy atom. The molecule has 0 saturated carbocycles. The van der Waals surface area contributed by atoms with Crippen molar-refractivity contribution in [1.29, 1.82) is 0 Å². The maximum absolute atomic E-state index is 14.2. The van der Waals surface area contributed by atoms with Gasteiger partial charge in [-0.05, 0) is 57.8 Å². The van der Waals surface area contributed by atoms with Crippen LogP contribution in [-0.2, 0) is 36.1 Å². The van der Waals surface area contributed by atoms with Crippen molar-refractivity contribution in [3.05, 3.63) is 0 Å². The predicted octanol–water partition coefficient (Wildman–Crippen LogP) is 5.02. The molecule has 57 heavy (non-hydrogen) atoms. The summed E-state index contributed by atoms with van der Waals surface area (Å²) in [4.78, 5) is 88.7. The number of carbonyl (C=O) groups is 4. The molecule has 19 nitrogen and oxygen atoms in total. The molecule has 0 radical (unpaired) electrons. The number of rotatable bonds is 29. The van der Waals surface area contributed by atoms with Crippen LogP contribution in [-0.4, -0.2) is 168 Å². The van der Waals surface area contributed by atoms with Gasteiger partial charge < -0.3 is 36.8 Å². The highest BCUT2D eigenvalue weighted by molar-refractivity contribution is 6.60. The highest BCUT2D eigenvalue weighted by Crippen LogP contribution is 2.34. The summed E-state index contributed by atoms with van der Waals surface area (Å²) in [5, 5.41) is 3.02. The smallest absolute Gasteiger partial charge is 0.377 e. The Morgan fingerprint density at radius 2 is 1.23 bits per heavy atom. The summed E-state index contributed by atoms with van der Waals surface area (Å²) >= 11 is 0. The van der Waals surface area contributed by atoms with E-state index in [2.05, 4.69) is 15.3 Å². The summed E-state index contributed by atoms with van der Waals surface area (Å²) in [6, 6.07) is -1.09. The quantitative estimate of drug-likeness (QED) is 0.0347. The molecule has 1 N–H and O–H groups in total. The largest absolute Gasteiger partial charge is 0.500 e. The first-order chi connectivity index (χ1) is 27.5. The highest BCUT2D eigenvalue weighted by Gasteiger charge is 2.62. The molecule has 0 aromatic heterocycles. The molecule has 1 spiro atoms. The summed E-state index contributed by atoms with van der Waals surface area (Å²) in [6.07, 6.45) is 10.9. The molecule has 2 atom stereocenters. The molecule has 2 unspecified atom stereocenters. The fraction of sp³-hybridized carbons (Fsp3) is 0.833. The lowest BCUT2D eigenvalue weighted by Gasteiger charge is -2.45. The minimum atomic E-state index is -2.81. The van der Waals surface area contributed by atoms with Crippen molar-refractivity contribution in [1.82, 2.24) is 20.0 Å². The molecule has 0 bridgehead atoms. The van der Waals surface area contributed by atoms with Crippen molar-refractivity contribution >= 4 is 53.9 Å². The first-order valence-corrected chi connectivity index (χ1v) is 23.9. The van der Waals surface area contributed by atoms with E-state index in [4.69, 9.17) is 26.6 Å². The topological polar surface area (TPSA) is 204 Å². The molecule has 0 aliphatic carbocycles. The number of amides is 8. The van der Waals surface area contributed by atoms with Crippen molar-refractivity contribution in [3.8, 4) is 0 Å². The Hall–Kier alpha value is -3.21. The van der Waals surface area contributed by atoms with Crippen LogP contribution in [0, 0.1) is 0 Å². The number of urea groups is 4. The summed E-state index contributed by atoms with van der Waals surface area (Å²) in [5.41, 5.74) is 0. The number of hydrogen-bond acceptors (Lipinski definition) is 14. The Bertz CT molecular complexity index is 1320. The monoisotopic (exact) mass is 844 g/mol. The molecular formula is C36H66N7O12Si2+. The molecule has 2 aliphatic rings. The zero-order valence-electron chi connectivity index (χ0n) is 34.9. The van der Waals surface area contributed by atoms with Gasteiger partial charge in [0.1, 0.15) is 0 Å². The van der Waals surface area contributed by atoms with Crippen molar-refractivity contribution in [2.45, 2.75) is 108 Å². The van der Waals surface area contributed by atoms with Crippen molar-refractivity contribution in [3.63, 3.8) is 0 Å². The van der Waals surface area contributed by atoms with Gasteiger partial charge in [-0.15, -0.1) is 9.48 Å². The van der Waals surface area contributed by atoms with Gasteiger partial charge in [-0.25, -0.2) is 43.6 Å². The molecule has 324 valence electrons. The standard InChI is InChI=1S/C36H65N7O12Si2/c1-50-56(51-2,52-3)28-18-23-40(24-19-29-57(53-4,54-5)55-6)33(46)38-22-14-8-10-16-26-42-34(47)41(25-15-9-7-13-21-37-30-44)35(48)43(36(42)49)27-17-11-12-20-32(43)39-31-45/h32H,7-29H2,1-6H3/p+1. The number of imide groups is 3. The molecule has 2 saturated heterocycles. The number of isocyanates is 2. The lowest BCUT2D eigenvalue weighted by Crippen LogP contribution is -2.76. The fourth-order valence-corrected chi connectivity index (χ4v) is 10.8. The zero-order chi connectivity index (χ0) is 42.2. The van der Waals surface area contributed by atoms with Gasteiger partial charge in [0.25, 0.3) is 0 Å². The van der Waals surface area contributed by atoms with Crippen LogP contribution < -0.4 is 5.32 Å². The molecule has 2 aliphatic heterocycles. The molecule has 2 rings (SSSR count). The predicted molar refractivity (Wildman–Crippen MR) is 212 cm³/mol. The number of unbranched alkanes of at least 4 members (excludes halogenated alkanes) is 6. The third-order valence-corrected chi connectivity index (χ3v) is 16.5. The van der Waals surface area contributed by atoms with E-state index in [0.717, 1.165) is 29.1 Å². The average molecular weight is 845 g/mol. The number of carbonyl (C=O) groups excluding carboxylic acids is 6. The van der Waals surface area contributed by atoms with Gasteiger partial charge in [0.05, 0.1) is 13.1 Å². The Labute approximate surface area is 339 Å². The highest BCUT2D eigenvalue weighted by atomic mass is 28.4. The van der Waals surface area contributed by atoms with E-state index in [0.29, 0.717) is 109 Å². The van der Waals surface area contributed by atoms with Gasteiger partial charge in [0.2, 0.25) is 18.3 Å². The van der Waals surface area contributed by atoms with Crippen molar-refractivity contribution < 1.29 is 59.8 Å². The maximum atomic E-state index is 14.2. The van der Waals surface area contributed by atoms with Crippen LogP contribution in [0.15, 0.2) is 9.98 Å². The Balaban J connectivity index is 2.03. The van der Waals surface area contributed by atoms with Gasteiger partial charge in [0, 0.05) is 93.9 Å². The second-order valence-electron chi connectivity index (χ2n) is 14.1. The number of nitrogens with zero attached hydrogens (tertiary/aromatic N) is 6. The van der Waals surface area contributed by atoms with E-state index < -0.39 is 46.4 Å². The molecule has 0 aromatic carbocycles. The average Bonchev–Trinajstić information content (AvgIpc) is 3.44.